The van der Waals surface area contributed by atoms with Crippen molar-refractivity contribution in [3.05, 3.63) is 29.3 Å². The van der Waals surface area contributed by atoms with E-state index in [1.807, 2.05) is 0 Å². The number of ether oxygens (including phenoxy) is 1. The normalized spacial score (nSPS) is 22.0. The molecule has 3 nitrogen and oxygen atoms in total. The molecule has 1 saturated heterocycles. The van der Waals surface area contributed by atoms with Crippen LogP contribution in [0.4, 0.5) is 0 Å². The van der Waals surface area contributed by atoms with Crippen LogP contribution in [0.25, 0.3) is 0 Å². The van der Waals surface area contributed by atoms with Crippen LogP contribution < -0.4 is 10.5 Å². The third-order valence-electron chi connectivity index (χ3n) is 5.73. The fourth-order valence-corrected chi connectivity index (χ4v) is 3.97. The van der Waals surface area contributed by atoms with E-state index < -0.39 is 0 Å². The van der Waals surface area contributed by atoms with Gasteiger partial charge in [-0.2, -0.15) is 0 Å². The maximum atomic E-state index is 6.13. The first-order valence-corrected chi connectivity index (χ1v) is 8.41. The Morgan fingerprint density at radius 2 is 2.14 bits per heavy atom. The summed E-state index contributed by atoms with van der Waals surface area (Å²) in [7, 11) is 0. The van der Waals surface area contributed by atoms with E-state index in [1.165, 1.54) is 43.5 Å². The van der Waals surface area contributed by atoms with Gasteiger partial charge in [0.2, 0.25) is 0 Å². The molecule has 0 bridgehead atoms. The van der Waals surface area contributed by atoms with E-state index in [0.717, 1.165) is 18.8 Å². The van der Waals surface area contributed by atoms with Crippen LogP contribution in [0.15, 0.2) is 18.2 Å². The zero-order chi connectivity index (χ0) is 14.9. The molecule has 2 aliphatic rings. The Morgan fingerprint density at radius 3 is 2.81 bits per heavy atom. The molecule has 0 spiro atoms. The van der Waals surface area contributed by atoms with Gasteiger partial charge in [-0.25, -0.2) is 0 Å². The van der Waals surface area contributed by atoms with Crippen molar-refractivity contribution < 1.29 is 4.74 Å². The van der Waals surface area contributed by atoms with Crippen LogP contribution in [0.5, 0.6) is 5.75 Å². The molecule has 2 N–H and O–H groups in total. The summed E-state index contributed by atoms with van der Waals surface area (Å²) in [4.78, 5) is 2.60. The Hall–Kier alpha value is -1.06. The van der Waals surface area contributed by atoms with Crippen molar-refractivity contribution in [1.82, 2.24) is 4.90 Å². The first-order chi connectivity index (χ1) is 10.2. The zero-order valence-electron chi connectivity index (χ0n) is 13.4. The Bertz CT molecular complexity index is 496. The molecular weight excluding hydrogens is 260 g/mol. The summed E-state index contributed by atoms with van der Waals surface area (Å²) < 4.78 is 5.62. The second-order valence-corrected chi connectivity index (χ2v) is 6.64. The lowest BCUT2D eigenvalue weighted by Crippen LogP contribution is -2.34. The van der Waals surface area contributed by atoms with Crippen LogP contribution in [-0.2, 0) is 6.42 Å². The summed E-state index contributed by atoms with van der Waals surface area (Å²) in [6, 6.07) is 7.01. The number of rotatable bonds is 5. The summed E-state index contributed by atoms with van der Waals surface area (Å²) in [6.07, 6.45) is 4.89. The molecular formula is C18H28N2O. The quantitative estimate of drug-likeness (QED) is 0.904. The molecule has 2 heterocycles. The first-order valence-electron chi connectivity index (χ1n) is 8.41. The molecule has 0 saturated carbocycles. The first kappa shape index (κ1) is 14.9. The van der Waals surface area contributed by atoms with Crippen LogP contribution in [0.2, 0.25) is 0 Å². The number of nitrogens with zero attached hydrogens (tertiary/aromatic N) is 1. The standard InChI is InChI=1S/C18H28N2O/c1-3-18(4-2)8-9-20(13-18)16(12-19)14-5-6-17-15(11-14)7-10-21-17/h5-6,11,16H,3-4,7-10,12-13,19H2,1-2H3. The van der Waals surface area contributed by atoms with Crippen molar-refractivity contribution in [2.75, 3.05) is 26.2 Å². The van der Waals surface area contributed by atoms with Crippen LogP contribution in [0, 0.1) is 5.41 Å². The van der Waals surface area contributed by atoms with E-state index in [4.69, 9.17) is 10.5 Å². The minimum atomic E-state index is 0.357. The summed E-state index contributed by atoms with van der Waals surface area (Å²) in [5.74, 6) is 1.06. The molecule has 1 atom stereocenters. The third-order valence-corrected chi connectivity index (χ3v) is 5.73. The highest BCUT2D eigenvalue weighted by molar-refractivity contribution is 5.41. The van der Waals surface area contributed by atoms with E-state index in [9.17, 15) is 0 Å². The molecule has 3 heteroatoms. The maximum Gasteiger partial charge on any atom is 0.122 e. The summed E-state index contributed by atoms with van der Waals surface area (Å²) in [5.41, 5.74) is 9.35. The van der Waals surface area contributed by atoms with E-state index >= 15 is 0 Å². The average Bonchev–Trinajstić information content (AvgIpc) is 3.15. The van der Waals surface area contributed by atoms with Gasteiger partial charge in [-0.1, -0.05) is 26.0 Å². The highest BCUT2D eigenvalue weighted by Gasteiger charge is 2.37. The van der Waals surface area contributed by atoms with Crippen LogP contribution in [0.1, 0.15) is 50.3 Å². The van der Waals surface area contributed by atoms with Crippen molar-refractivity contribution >= 4 is 0 Å². The second-order valence-electron chi connectivity index (χ2n) is 6.64. The number of fused-ring (bicyclic) bond motifs is 1. The van der Waals surface area contributed by atoms with Gasteiger partial charge >= 0.3 is 0 Å². The van der Waals surface area contributed by atoms with Gasteiger partial charge in [0, 0.05) is 25.6 Å². The lowest BCUT2D eigenvalue weighted by molar-refractivity contribution is 0.197. The highest BCUT2D eigenvalue weighted by Crippen LogP contribution is 2.40. The van der Waals surface area contributed by atoms with Crippen molar-refractivity contribution in [1.29, 1.82) is 0 Å². The van der Waals surface area contributed by atoms with E-state index in [1.54, 1.807) is 0 Å². The SMILES string of the molecule is CCC1(CC)CCN(C(CN)c2ccc3c(c2)CCO3)C1. The van der Waals surface area contributed by atoms with Crippen molar-refractivity contribution in [3.8, 4) is 5.75 Å². The van der Waals surface area contributed by atoms with E-state index in [2.05, 4.69) is 36.9 Å². The highest BCUT2D eigenvalue weighted by atomic mass is 16.5. The third kappa shape index (κ3) is 2.69. The van der Waals surface area contributed by atoms with Gasteiger partial charge < -0.3 is 10.5 Å². The predicted octanol–water partition coefficient (Wildman–Crippen LogP) is 3.13. The molecule has 1 fully saturated rings. The van der Waals surface area contributed by atoms with E-state index in [0.29, 0.717) is 18.0 Å². The van der Waals surface area contributed by atoms with Gasteiger partial charge in [-0.05, 0) is 48.4 Å². The zero-order valence-corrected chi connectivity index (χ0v) is 13.4. The second kappa shape index (κ2) is 5.98. The fourth-order valence-electron chi connectivity index (χ4n) is 3.97. The Morgan fingerprint density at radius 1 is 1.33 bits per heavy atom. The minimum absolute atomic E-state index is 0.357. The largest absolute Gasteiger partial charge is 0.493 e. The van der Waals surface area contributed by atoms with Crippen molar-refractivity contribution in [2.24, 2.45) is 11.1 Å². The number of hydrogen-bond acceptors (Lipinski definition) is 3. The average molecular weight is 288 g/mol. The van der Waals surface area contributed by atoms with Crippen LogP contribution in [0.3, 0.4) is 0 Å². The van der Waals surface area contributed by atoms with Gasteiger partial charge in [0.15, 0.2) is 0 Å². The van der Waals surface area contributed by atoms with Gasteiger partial charge in [0.25, 0.3) is 0 Å². The molecule has 0 aromatic heterocycles. The Kier molecular flexibility index (Phi) is 4.23. The molecule has 0 amide bonds. The van der Waals surface area contributed by atoms with Crippen molar-refractivity contribution in [2.45, 2.75) is 45.6 Å². The molecule has 1 unspecified atom stereocenters. The molecule has 3 rings (SSSR count). The Labute approximate surface area is 128 Å². The van der Waals surface area contributed by atoms with Gasteiger partial charge in [-0.3, -0.25) is 4.90 Å². The summed E-state index contributed by atoms with van der Waals surface area (Å²) in [6.45, 7) is 8.55. The number of hydrogen-bond donors (Lipinski definition) is 1. The smallest absolute Gasteiger partial charge is 0.122 e. The number of nitrogens with two attached hydrogens (primary N) is 1. The maximum absolute atomic E-state index is 6.13. The monoisotopic (exact) mass is 288 g/mol. The summed E-state index contributed by atoms with van der Waals surface area (Å²) >= 11 is 0. The lowest BCUT2D eigenvalue weighted by atomic mass is 9.82. The predicted molar refractivity (Wildman–Crippen MR) is 86.6 cm³/mol. The van der Waals surface area contributed by atoms with Crippen LogP contribution >= 0.6 is 0 Å². The van der Waals surface area contributed by atoms with Gasteiger partial charge in [-0.15, -0.1) is 0 Å². The molecule has 1 aromatic rings. The van der Waals surface area contributed by atoms with Gasteiger partial charge in [0.1, 0.15) is 5.75 Å². The van der Waals surface area contributed by atoms with Gasteiger partial charge in [0.05, 0.1) is 6.61 Å². The lowest BCUT2D eigenvalue weighted by Gasteiger charge is -2.31. The molecule has 116 valence electrons. The van der Waals surface area contributed by atoms with Crippen LogP contribution in [-0.4, -0.2) is 31.1 Å². The van der Waals surface area contributed by atoms with E-state index in [-0.39, 0.29) is 0 Å². The molecule has 1 aromatic carbocycles. The molecule has 2 aliphatic heterocycles. The van der Waals surface area contributed by atoms with Crippen molar-refractivity contribution in [3.63, 3.8) is 0 Å². The minimum Gasteiger partial charge on any atom is -0.493 e. The fraction of sp³-hybridized carbons (Fsp3) is 0.667. The summed E-state index contributed by atoms with van der Waals surface area (Å²) in [5, 5.41) is 0. The molecule has 21 heavy (non-hydrogen) atoms. The Balaban J connectivity index is 1.80. The number of likely N-dealkylation sites (tertiary alicyclic amines) is 1. The topological polar surface area (TPSA) is 38.5 Å². The molecule has 0 radical (unpaired) electrons. The number of benzene rings is 1. The molecule has 0 aliphatic carbocycles.